The number of hydrogen-bond donors (Lipinski definition) is 2. The van der Waals surface area contributed by atoms with Gasteiger partial charge < -0.3 is 11.1 Å². The Labute approximate surface area is 179 Å². The summed E-state index contributed by atoms with van der Waals surface area (Å²) < 4.78 is 52.4. The van der Waals surface area contributed by atoms with Crippen LogP contribution in [0.4, 0.5) is 22.7 Å². The van der Waals surface area contributed by atoms with Gasteiger partial charge in [0.1, 0.15) is 11.6 Å². The Balaban J connectivity index is 1.36. The largest absolute Gasteiger partial charge is 0.416 e. The van der Waals surface area contributed by atoms with E-state index in [9.17, 15) is 22.4 Å². The molecule has 0 unspecified atom stereocenters. The average Bonchev–Trinajstić information content (AvgIpc) is 3.30. The molecule has 31 heavy (non-hydrogen) atoms. The fraction of sp³-hybridized carbons (Fsp3) is 0.286. The van der Waals surface area contributed by atoms with E-state index in [1.165, 1.54) is 18.2 Å². The molecule has 3 N–H and O–H groups in total. The Morgan fingerprint density at radius 2 is 1.77 bits per heavy atom. The molecular weight excluding hydrogens is 432 g/mol. The van der Waals surface area contributed by atoms with Gasteiger partial charge in [-0.05, 0) is 47.4 Å². The van der Waals surface area contributed by atoms with E-state index >= 15 is 0 Å². The van der Waals surface area contributed by atoms with E-state index in [0.29, 0.717) is 46.2 Å². The van der Waals surface area contributed by atoms with Gasteiger partial charge in [0.2, 0.25) is 5.13 Å². The summed E-state index contributed by atoms with van der Waals surface area (Å²) in [6.45, 7) is 0.316. The minimum absolute atomic E-state index is 0.0632. The summed E-state index contributed by atoms with van der Waals surface area (Å²) >= 11 is 1.16. The first-order chi connectivity index (χ1) is 14.7. The van der Waals surface area contributed by atoms with E-state index in [0.717, 1.165) is 29.0 Å². The second kappa shape index (κ2) is 8.35. The summed E-state index contributed by atoms with van der Waals surface area (Å²) in [5, 5.41) is 11.9. The summed E-state index contributed by atoms with van der Waals surface area (Å²) in [5.74, 6) is -0.386. The maximum absolute atomic E-state index is 14.4. The van der Waals surface area contributed by atoms with Gasteiger partial charge in [-0.1, -0.05) is 23.5 Å². The molecule has 1 atom stereocenters. The fourth-order valence-electron chi connectivity index (χ4n) is 3.47. The van der Waals surface area contributed by atoms with Crippen LogP contribution in [-0.2, 0) is 30.2 Å². The lowest BCUT2D eigenvalue weighted by Gasteiger charge is -2.13. The Morgan fingerprint density at radius 3 is 2.45 bits per heavy atom. The first-order valence-electron chi connectivity index (χ1n) is 9.51. The summed E-state index contributed by atoms with van der Waals surface area (Å²) in [5.41, 5.74) is 7.88. The number of nitrogens with one attached hydrogen (secondary N) is 1. The van der Waals surface area contributed by atoms with E-state index in [4.69, 9.17) is 5.73 Å². The molecule has 1 heterocycles. The smallest absolute Gasteiger partial charge is 0.359 e. The van der Waals surface area contributed by atoms with Crippen molar-refractivity contribution in [3.63, 3.8) is 0 Å². The van der Waals surface area contributed by atoms with Crippen LogP contribution in [0.3, 0.4) is 0 Å². The van der Waals surface area contributed by atoms with Crippen molar-refractivity contribution in [2.75, 3.05) is 11.9 Å². The molecular formula is C21H18F4N4OS. The number of rotatable bonds is 6. The van der Waals surface area contributed by atoms with Crippen molar-refractivity contribution >= 4 is 22.3 Å². The lowest BCUT2D eigenvalue weighted by molar-refractivity contribution is -0.137. The third-order valence-electron chi connectivity index (χ3n) is 5.01. The standard InChI is InChI=1S/C21H18F4N4OS/c22-18-9-13-7-16(30)6-12(13)8-17(18)19-28-29-20(31-19)27-10-15(26)5-11-1-3-14(4-2-11)21(23,24)25/h1-4,8-9,15H,5-7,10,26H2,(H,27,29)/t15-/m0/s1. The van der Waals surface area contributed by atoms with Crippen molar-refractivity contribution in [3.8, 4) is 10.6 Å². The lowest BCUT2D eigenvalue weighted by Crippen LogP contribution is -2.31. The molecule has 0 amide bonds. The molecule has 0 radical (unpaired) electrons. The molecule has 0 spiro atoms. The predicted molar refractivity (Wildman–Crippen MR) is 109 cm³/mol. The topological polar surface area (TPSA) is 80.9 Å². The zero-order valence-corrected chi connectivity index (χ0v) is 17.0. The molecule has 1 aliphatic carbocycles. The maximum atomic E-state index is 14.4. The number of Topliss-reactive ketones (excluding diaryl/α,β-unsaturated/α-hetero) is 1. The van der Waals surface area contributed by atoms with Crippen molar-refractivity contribution < 1.29 is 22.4 Å². The van der Waals surface area contributed by atoms with Crippen LogP contribution in [0.5, 0.6) is 0 Å². The molecule has 162 valence electrons. The number of alkyl halides is 3. The van der Waals surface area contributed by atoms with Crippen LogP contribution in [0.25, 0.3) is 10.6 Å². The summed E-state index contributed by atoms with van der Waals surface area (Å²) in [6.07, 6.45) is -3.44. The molecule has 10 heteroatoms. The van der Waals surface area contributed by atoms with E-state index in [1.54, 1.807) is 6.07 Å². The molecule has 0 aliphatic heterocycles. The fourth-order valence-corrected chi connectivity index (χ4v) is 4.23. The zero-order valence-electron chi connectivity index (χ0n) is 16.2. The summed E-state index contributed by atoms with van der Waals surface area (Å²) in [6, 6.07) is 7.54. The van der Waals surface area contributed by atoms with Crippen molar-refractivity contribution in [2.24, 2.45) is 5.73 Å². The van der Waals surface area contributed by atoms with Crippen LogP contribution in [0.1, 0.15) is 22.3 Å². The monoisotopic (exact) mass is 450 g/mol. The van der Waals surface area contributed by atoms with Gasteiger partial charge >= 0.3 is 6.18 Å². The number of fused-ring (bicyclic) bond motifs is 1. The van der Waals surface area contributed by atoms with Crippen LogP contribution in [0, 0.1) is 5.82 Å². The van der Waals surface area contributed by atoms with Crippen molar-refractivity contribution in [3.05, 3.63) is 64.5 Å². The maximum Gasteiger partial charge on any atom is 0.416 e. The molecule has 5 nitrogen and oxygen atoms in total. The second-order valence-corrected chi connectivity index (χ2v) is 8.42. The quantitative estimate of drug-likeness (QED) is 0.555. The predicted octanol–water partition coefficient (Wildman–Crippen LogP) is 4.01. The number of ketones is 1. The van der Waals surface area contributed by atoms with Crippen LogP contribution >= 0.6 is 11.3 Å². The number of carbonyl (C=O) groups is 1. The van der Waals surface area contributed by atoms with E-state index < -0.39 is 17.6 Å². The molecule has 0 bridgehead atoms. The normalized spacial score (nSPS) is 14.5. The van der Waals surface area contributed by atoms with Gasteiger partial charge in [0.05, 0.1) is 5.56 Å². The molecule has 3 aromatic rings. The SMILES string of the molecule is N[C@H](CNc1nnc(-c2cc3c(cc2F)CC(=O)C3)s1)Cc1ccc(C(F)(F)F)cc1. The number of halogens is 4. The molecule has 0 saturated heterocycles. The van der Waals surface area contributed by atoms with Gasteiger partial charge in [-0.15, -0.1) is 10.2 Å². The molecule has 1 aromatic heterocycles. The van der Waals surface area contributed by atoms with Crippen LogP contribution in [0.2, 0.25) is 0 Å². The Hall–Kier alpha value is -2.85. The molecule has 1 aliphatic rings. The molecule has 2 aromatic carbocycles. The second-order valence-electron chi connectivity index (χ2n) is 7.45. The van der Waals surface area contributed by atoms with E-state index in [2.05, 4.69) is 15.5 Å². The van der Waals surface area contributed by atoms with Crippen LogP contribution < -0.4 is 11.1 Å². The van der Waals surface area contributed by atoms with E-state index in [1.807, 2.05) is 0 Å². The van der Waals surface area contributed by atoms with Gasteiger partial charge in [0, 0.05) is 31.0 Å². The molecule has 0 saturated carbocycles. The first kappa shape index (κ1) is 21.4. The Morgan fingerprint density at radius 1 is 1.10 bits per heavy atom. The van der Waals surface area contributed by atoms with Gasteiger partial charge in [0.25, 0.3) is 0 Å². The van der Waals surface area contributed by atoms with Crippen molar-refractivity contribution in [1.29, 1.82) is 0 Å². The minimum atomic E-state index is -4.37. The Kier molecular flexibility index (Phi) is 5.76. The van der Waals surface area contributed by atoms with Crippen molar-refractivity contribution in [2.45, 2.75) is 31.5 Å². The number of carbonyl (C=O) groups excluding carboxylic acids is 1. The molecule has 0 fully saturated rings. The number of anilines is 1. The highest BCUT2D eigenvalue weighted by Gasteiger charge is 2.30. The number of nitrogens with zero attached hydrogens (tertiary/aromatic N) is 2. The third kappa shape index (κ3) is 4.91. The highest BCUT2D eigenvalue weighted by molar-refractivity contribution is 7.18. The van der Waals surface area contributed by atoms with Crippen LogP contribution in [-0.4, -0.2) is 28.6 Å². The van der Waals surface area contributed by atoms with Gasteiger partial charge in [-0.25, -0.2) is 4.39 Å². The zero-order chi connectivity index (χ0) is 22.2. The van der Waals surface area contributed by atoms with Crippen molar-refractivity contribution in [1.82, 2.24) is 10.2 Å². The van der Waals surface area contributed by atoms with E-state index in [-0.39, 0.29) is 18.2 Å². The Bertz CT molecular complexity index is 1110. The summed E-state index contributed by atoms with van der Waals surface area (Å²) in [7, 11) is 0. The molecule has 4 rings (SSSR count). The highest BCUT2D eigenvalue weighted by atomic mass is 32.1. The number of aromatic nitrogens is 2. The third-order valence-corrected chi connectivity index (χ3v) is 5.93. The number of nitrogens with two attached hydrogens (primary N) is 1. The minimum Gasteiger partial charge on any atom is -0.359 e. The van der Waals surface area contributed by atoms with Crippen LogP contribution in [0.15, 0.2) is 36.4 Å². The summed E-state index contributed by atoms with van der Waals surface area (Å²) in [4.78, 5) is 11.6. The lowest BCUT2D eigenvalue weighted by atomic mass is 10.0. The highest BCUT2D eigenvalue weighted by Crippen LogP contribution is 2.33. The van der Waals surface area contributed by atoms with Gasteiger partial charge in [-0.3, -0.25) is 4.79 Å². The average molecular weight is 450 g/mol. The number of benzene rings is 2. The first-order valence-corrected chi connectivity index (χ1v) is 10.3. The van der Waals surface area contributed by atoms with Gasteiger partial charge in [0.15, 0.2) is 5.01 Å². The van der Waals surface area contributed by atoms with Gasteiger partial charge in [-0.2, -0.15) is 13.2 Å². The number of hydrogen-bond acceptors (Lipinski definition) is 6.